The molecule has 0 aliphatic carbocycles. The lowest BCUT2D eigenvalue weighted by Gasteiger charge is -2.32. The second-order valence-corrected chi connectivity index (χ2v) is 12.1. The van der Waals surface area contributed by atoms with Crippen LogP contribution in [-0.2, 0) is 54.4 Å². The van der Waals surface area contributed by atoms with Crippen molar-refractivity contribution >= 4 is 59.4 Å². The maximum absolute atomic E-state index is 13.7. The van der Waals surface area contributed by atoms with E-state index in [4.69, 9.17) is 14.0 Å². The molecule has 0 saturated carbocycles. The summed E-state index contributed by atoms with van der Waals surface area (Å²) in [4.78, 5) is 40.0. The van der Waals surface area contributed by atoms with E-state index in [1.165, 1.54) is 6.92 Å². The van der Waals surface area contributed by atoms with Crippen molar-refractivity contribution in [2.24, 2.45) is 5.41 Å². The summed E-state index contributed by atoms with van der Waals surface area (Å²) in [7, 11) is 1.56. The van der Waals surface area contributed by atoms with Crippen LogP contribution in [-0.4, -0.2) is 104 Å². The van der Waals surface area contributed by atoms with Gasteiger partial charge in [0.05, 0.1) is 0 Å². The van der Waals surface area contributed by atoms with Crippen molar-refractivity contribution in [1.82, 2.24) is 0 Å². The number of phenols is 2. The van der Waals surface area contributed by atoms with Crippen molar-refractivity contribution in [3.05, 3.63) is 57.6 Å². The third-order valence-corrected chi connectivity index (χ3v) is 8.40. The molecule has 46 heavy (non-hydrogen) atoms. The van der Waals surface area contributed by atoms with Crippen molar-refractivity contribution in [2.75, 3.05) is 19.0 Å². The monoisotopic (exact) mass is 668 g/mol. The molecular formula is C27H35B4F3O11S. The first-order valence-corrected chi connectivity index (χ1v) is 16.2. The number of ether oxygens (including phenoxy) is 3. The van der Waals surface area contributed by atoms with Gasteiger partial charge >= 0.3 is 24.1 Å². The Bertz CT molecular complexity index is 1470. The highest BCUT2D eigenvalue weighted by molar-refractivity contribution is 7.85. The quantitative estimate of drug-likeness (QED) is 0.0958. The highest BCUT2D eigenvalue weighted by Crippen LogP contribution is 2.34. The van der Waals surface area contributed by atoms with Crippen molar-refractivity contribution in [2.45, 2.75) is 50.9 Å². The molecule has 0 aliphatic heterocycles. The SMILES string of the molecule is BCc1ccc(CB)c(C(=O)OCC(CC)(COC(=O)c2c(CB)ccc(CB)c2O)C(=O)OC(CS(=O)(=O)O)C(F)(F)F)c1O. The number of carbonyl (C=O) groups excluding carboxylic acids is 3. The maximum Gasteiger partial charge on any atom is 0.426 e. The Morgan fingerprint density at radius 2 is 1.15 bits per heavy atom. The van der Waals surface area contributed by atoms with Gasteiger partial charge in [0.2, 0.25) is 6.10 Å². The van der Waals surface area contributed by atoms with Gasteiger partial charge in [-0.1, -0.05) is 56.5 Å². The number of alkyl halides is 3. The molecule has 0 bridgehead atoms. The standard InChI is InChI=1S/C27H35B4F3O11S/c1-2-26(25(39)45-18(27(32,33)34)11-46(40,41)42,12-43-23(37)19-14(7-28)3-5-16(9-30)21(19)35)13-44-24(38)20-15(8-29)4-6-17(10-31)22(20)36/h3-6,18,35-36H,2,7-13,28-31H2,1H3,(H,40,41,42). The number of benzene rings is 2. The van der Waals surface area contributed by atoms with Crippen LogP contribution in [0.15, 0.2) is 24.3 Å². The lowest BCUT2D eigenvalue weighted by atomic mass is 9.86. The van der Waals surface area contributed by atoms with Gasteiger partial charge < -0.3 is 24.4 Å². The van der Waals surface area contributed by atoms with Gasteiger partial charge in [-0.2, -0.15) is 21.6 Å². The number of carbonyl (C=O) groups is 3. The topological polar surface area (TPSA) is 174 Å². The molecule has 0 spiro atoms. The Labute approximate surface area is 268 Å². The second kappa shape index (κ2) is 15.8. The van der Waals surface area contributed by atoms with Crippen LogP contribution in [0.5, 0.6) is 11.5 Å². The molecule has 2 aromatic carbocycles. The van der Waals surface area contributed by atoms with E-state index in [9.17, 15) is 46.2 Å². The predicted octanol–water partition coefficient (Wildman–Crippen LogP) is -0.598. The Morgan fingerprint density at radius 1 is 0.783 bits per heavy atom. The number of hydrogen-bond acceptors (Lipinski definition) is 10. The zero-order valence-electron chi connectivity index (χ0n) is 26.2. The Kier molecular flexibility index (Phi) is 13.3. The van der Waals surface area contributed by atoms with Gasteiger partial charge in [-0.05, 0) is 28.7 Å². The minimum absolute atomic E-state index is 0.231. The van der Waals surface area contributed by atoms with Gasteiger partial charge in [0.15, 0.2) is 0 Å². The van der Waals surface area contributed by atoms with E-state index in [0.29, 0.717) is 34.9 Å². The molecule has 11 nitrogen and oxygen atoms in total. The number of rotatable bonds is 15. The normalized spacial score (nSPS) is 12.7. The van der Waals surface area contributed by atoms with E-state index in [0.717, 1.165) is 0 Å². The number of esters is 3. The van der Waals surface area contributed by atoms with E-state index in [2.05, 4.69) is 4.74 Å². The summed E-state index contributed by atoms with van der Waals surface area (Å²) in [5.74, 6) is -6.79. The minimum Gasteiger partial charge on any atom is -0.507 e. The van der Waals surface area contributed by atoms with Crippen LogP contribution in [0, 0.1) is 5.41 Å². The molecule has 19 heteroatoms. The zero-order chi connectivity index (χ0) is 35.0. The fourth-order valence-electron chi connectivity index (χ4n) is 4.67. The number of aromatic hydroxyl groups is 2. The van der Waals surface area contributed by atoms with Gasteiger partial charge in [-0.3, -0.25) is 9.35 Å². The predicted molar refractivity (Wildman–Crippen MR) is 171 cm³/mol. The average Bonchev–Trinajstić information content (AvgIpc) is 2.99. The second-order valence-electron chi connectivity index (χ2n) is 10.6. The van der Waals surface area contributed by atoms with Crippen LogP contribution in [0.2, 0.25) is 0 Å². The molecular weight excluding hydrogens is 633 g/mol. The van der Waals surface area contributed by atoms with Crippen LogP contribution in [0.1, 0.15) is 56.3 Å². The third-order valence-electron chi connectivity index (χ3n) is 7.67. The first-order chi connectivity index (χ1) is 21.4. The minimum atomic E-state index is -5.44. The molecule has 3 N–H and O–H groups in total. The Morgan fingerprint density at radius 3 is 1.46 bits per heavy atom. The van der Waals surface area contributed by atoms with Crippen molar-refractivity contribution in [3.8, 4) is 11.5 Å². The molecule has 248 valence electrons. The lowest BCUT2D eigenvalue weighted by molar-refractivity contribution is -0.223. The van der Waals surface area contributed by atoms with Crippen molar-refractivity contribution in [1.29, 1.82) is 0 Å². The third kappa shape index (κ3) is 9.24. The van der Waals surface area contributed by atoms with E-state index in [1.54, 1.807) is 55.7 Å². The largest absolute Gasteiger partial charge is 0.507 e. The summed E-state index contributed by atoms with van der Waals surface area (Å²) in [6, 6.07) is 6.39. The summed E-state index contributed by atoms with van der Waals surface area (Å²) < 4.78 is 88.0. The van der Waals surface area contributed by atoms with Crippen LogP contribution in [0.4, 0.5) is 13.2 Å². The van der Waals surface area contributed by atoms with E-state index in [1.807, 2.05) is 0 Å². The molecule has 0 aromatic heterocycles. The number of hydrogen-bond donors (Lipinski definition) is 3. The first-order valence-electron chi connectivity index (χ1n) is 14.6. The molecule has 0 aliphatic rings. The molecule has 0 amide bonds. The summed E-state index contributed by atoms with van der Waals surface area (Å²) in [6.07, 6.45) is -7.96. The number of phenolic OH excluding ortho intramolecular Hbond substituents is 2. The molecule has 2 aromatic rings. The van der Waals surface area contributed by atoms with Gasteiger partial charge in [0.1, 0.15) is 78.4 Å². The highest BCUT2D eigenvalue weighted by atomic mass is 32.2. The van der Waals surface area contributed by atoms with Crippen LogP contribution in [0.25, 0.3) is 0 Å². The summed E-state index contributed by atoms with van der Waals surface area (Å²) in [5.41, 5.74) is -1.24. The lowest BCUT2D eigenvalue weighted by Crippen LogP contribution is -2.48. The summed E-state index contributed by atoms with van der Waals surface area (Å²) >= 11 is 0. The summed E-state index contributed by atoms with van der Waals surface area (Å²) in [5, 5.41) is 21.4. The fraction of sp³-hybridized carbons (Fsp3) is 0.444. The Hall–Kier alpha value is -3.59. The molecule has 2 rings (SSSR count). The maximum atomic E-state index is 13.7. The van der Waals surface area contributed by atoms with E-state index >= 15 is 0 Å². The van der Waals surface area contributed by atoms with Gasteiger partial charge in [0.25, 0.3) is 10.1 Å². The van der Waals surface area contributed by atoms with Crippen molar-refractivity contribution in [3.63, 3.8) is 0 Å². The first kappa shape index (κ1) is 38.6. The van der Waals surface area contributed by atoms with E-state index < -0.39 is 71.1 Å². The van der Waals surface area contributed by atoms with E-state index in [-0.39, 0.29) is 35.3 Å². The molecule has 0 radical (unpaired) electrons. The van der Waals surface area contributed by atoms with Crippen LogP contribution >= 0.6 is 0 Å². The fourth-order valence-corrected chi connectivity index (χ4v) is 5.31. The summed E-state index contributed by atoms with van der Waals surface area (Å²) in [6.45, 7) is -0.745. The average molecular weight is 668 g/mol. The van der Waals surface area contributed by atoms with Crippen molar-refractivity contribution < 1.29 is 64.9 Å². The van der Waals surface area contributed by atoms with Gasteiger partial charge in [0, 0.05) is 0 Å². The molecule has 0 fully saturated rings. The van der Waals surface area contributed by atoms with Gasteiger partial charge in [-0.25, -0.2) is 9.59 Å². The molecule has 0 heterocycles. The van der Waals surface area contributed by atoms with Gasteiger partial charge in [-0.15, -0.1) is 0 Å². The van der Waals surface area contributed by atoms with Crippen LogP contribution in [0.3, 0.4) is 0 Å². The molecule has 1 unspecified atom stereocenters. The Balaban J connectivity index is 2.56. The molecule has 1 atom stereocenters. The van der Waals surface area contributed by atoms with Crippen LogP contribution < -0.4 is 0 Å². The smallest absolute Gasteiger partial charge is 0.426 e. The molecule has 0 saturated heterocycles. The number of halogens is 3. The zero-order valence-corrected chi connectivity index (χ0v) is 27.0. The highest BCUT2D eigenvalue weighted by Gasteiger charge is 2.50.